The van der Waals surface area contributed by atoms with Gasteiger partial charge < -0.3 is 23.8 Å². The third kappa shape index (κ3) is 43.0. The molecule has 0 aromatic heterocycles. The van der Waals surface area contributed by atoms with Crippen LogP contribution in [0.5, 0.6) is 0 Å². The Balaban J connectivity index is 5.21. The highest BCUT2D eigenvalue weighted by atomic mass is 16.6. The van der Waals surface area contributed by atoms with Crippen molar-refractivity contribution in [3.63, 3.8) is 0 Å². The van der Waals surface area contributed by atoms with E-state index in [1.165, 1.54) is 77.0 Å². The van der Waals surface area contributed by atoms with E-state index in [4.69, 9.17) is 18.9 Å². The lowest BCUT2D eigenvalue weighted by Crippen LogP contribution is -2.40. The van der Waals surface area contributed by atoms with E-state index in [1.54, 1.807) is 4.90 Å². The number of hydrogen-bond donors (Lipinski definition) is 0. The summed E-state index contributed by atoms with van der Waals surface area (Å²) < 4.78 is 24.1. The van der Waals surface area contributed by atoms with Gasteiger partial charge in [0.25, 0.3) is 0 Å². The van der Waals surface area contributed by atoms with Gasteiger partial charge in [0.05, 0.1) is 0 Å². The Morgan fingerprint density at radius 1 is 0.333 bits per heavy atom. The molecule has 0 rings (SSSR count). The van der Waals surface area contributed by atoms with Crippen molar-refractivity contribution >= 4 is 24.0 Å². The summed E-state index contributed by atoms with van der Waals surface area (Å²) in [4.78, 5) is 56.2. The van der Waals surface area contributed by atoms with E-state index in [9.17, 15) is 19.2 Å². The summed E-state index contributed by atoms with van der Waals surface area (Å²) in [6.07, 6.45) is 40.5. The predicted octanol–water partition coefficient (Wildman–Crippen LogP) is 16.8. The largest absolute Gasteiger partial charge is 0.462 e. The molecule has 0 fully saturated rings. The van der Waals surface area contributed by atoms with Gasteiger partial charge in [-0.15, -0.1) is 0 Å². The number of nitrogens with zero attached hydrogens (tertiary/aromatic N) is 2. The van der Waals surface area contributed by atoms with Gasteiger partial charge in [-0.1, -0.05) is 176 Å². The van der Waals surface area contributed by atoms with Crippen LogP contribution in [0.3, 0.4) is 0 Å². The van der Waals surface area contributed by atoms with Crippen LogP contribution in [0.4, 0.5) is 4.79 Å². The zero-order valence-electron chi connectivity index (χ0n) is 46.9. The summed E-state index contributed by atoms with van der Waals surface area (Å²) in [6, 6.07) is 0. The Morgan fingerprint density at radius 2 is 0.667 bits per heavy atom. The molecule has 0 N–H and O–H groups in total. The fraction of sp³-hybridized carbons (Fsp3) is 0.932. The topological polar surface area (TPSA) is 112 Å². The van der Waals surface area contributed by atoms with E-state index in [0.717, 1.165) is 173 Å². The Kier molecular flexibility index (Phi) is 47.5. The quantitative estimate of drug-likeness (QED) is 0.0334. The first-order valence-corrected chi connectivity index (χ1v) is 29.7. The Morgan fingerprint density at radius 3 is 1.01 bits per heavy atom. The molecule has 0 bridgehead atoms. The molecule has 1 atom stereocenters. The molecule has 10 nitrogen and oxygen atoms in total. The van der Waals surface area contributed by atoms with Gasteiger partial charge in [-0.2, -0.15) is 0 Å². The van der Waals surface area contributed by atoms with Crippen LogP contribution in [0.1, 0.15) is 298 Å². The third-order valence-electron chi connectivity index (χ3n) is 13.7. The van der Waals surface area contributed by atoms with Crippen molar-refractivity contribution in [3.8, 4) is 0 Å². The molecular formula is C59H114N2O8. The number of carbonyl (C=O) groups is 4. The summed E-state index contributed by atoms with van der Waals surface area (Å²) in [5.41, 5.74) is 0. The van der Waals surface area contributed by atoms with Gasteiger partial charge in [-0.25, -0.2) is 4.79 Å². The van der Waals surface area contributed by atoms with E-state index in [0.29, 0.717) is 19.4 Å². The number of unbranched alkanes of at least 4 members (excludes halogenated alkanes) is 22. The van der Waals surface area contributed by atoms with Crippen LogP contribution in [0.2, 0.25) is 0 Å². The van der Waals surface area contributed by atoms with Crippen molar-refractivity contribution < 1.29 is 38.1 Å². The maximum Gasteiger partial charge on any atom is 0.410 e. The lowest BCUT2D eigenvalue weighted by Gasteiger charge is -2.26. The molecule has 0 aromatic carbocycles. The number of ether oxygens (including phenoxy) is 4. The average Bonchev–Trinajstić information content (AvgIpc) is 3.32. The molecule has 1 unspecified atom stereocenters. The Labute approximate surface area is 427 Å². The van der Waals surface area contributed by atoms with Crippen molar-refractivity contribution in [2.75, 3.05) is 33.7 Å². The Hall–Kier alpha value is -2.36. The maximum atomic E-state index is 13.8. The van der Waals surface area contributed by atoms with Crippen molar-refractivity contribution in [2.24, 2.45) is 0 Å². The van der Waals surface area contributed by atoms with Crippen LogP contribution in [-0.2, 0) is 33.3 Å². The van der Waals surface area contributed by atoms with Crippen LogP contribution >= 0.6 is 0 Å². The van der Waals surface area contributed by atoms with E-state index in [1.807, 2.05) is 21.0 Å². The van der Waals surface area contributed by atoms with Gasteiger partial charge in [0.1, 0.15) is 31.0 Å². The molecule has 0 aromatic rings. The number of hydrogen-bond acceptors (Lipinski definition) is 9. The first-order valence-electron chi connectivity index (χ1n) is 29.7. The molecule has 0 heterocycles. The number of amides is 1. The van der Waals surface area contributed by atoms with Gasteiger partial charge in [-0.3, -0.25) is 19.3 Å². The van der Waals surface area contributed by atoms with E-state index < -0.39 is 6.09 Å². The zero-order valence-corrected chi connectivity index (χ0v) is 46.9. The second-order valence-corrected chi connectivity index (χ2v) is 20.8. The van der Waals surface area contributed by atoms with Gasteiger partial charge >= 0.3 is 24.0 Å². The molecule has 408 valence electrons. The lowest BCUT2D eigenvalue weighted by atomic mass is 10.0. The highest BCUT2D eigenvalue weighted by molar-refractivity contribution is 5.78. The Bertz CT molecular complexity index is 1100. The van der Waals surface area contributed by atoms with Crippen LogP contribution in [-0.4, -0.2) is 91.9 Å². The van der Waals surface area contributed by atoms with Crippen molar-refractivity contribution in [1.29, 1.82) is 0 Å². The van der Waals surface area contributed by atoms with Gasteiger partial charge in [-0.05, 0) is 130 Å². The standard InChI is InChI=1S/C59H114N2O8/c1-9-15-19-31-41-53(42-32-20-16-10-2)67-56(62)47-37-29-25-23-27-35-45-55(69-59(65)61(50-39-49-60(7)8)51-58(64)66-52(14-6)40-13-5)46-36-28-24-26-30-38-48-57(63)68-54(43-33-21-17-11-3)44-34-22-18-12-4/h52-55H,9-51H2,1-8H3. The summed E-state index contributed by atoms with van der Waals surface area (Å²) in [5.74, 6) is -0.434. The molecular weight excluding hydrogens is 865 g/mol. The third-order valence-corrected chi connectivity index (χ3v) is 13.7. The molecule has 0 aliphatic heterocycles. The predicted molar refractivity (Wildman–Crippen MR) is 289 cm³/mol. The van der Waals surface area contributed by atoms with E-state index in [-0.39, 0.29) is 48.9 Å². The zero-order chi connectivity index (χ0) is 51.0. The molecule has 0 aliphatic rings. The number of carbonyl (C=O) groups excluding carboxylic acids is 4. The second kappa shape index (κ2) is 49.2. The minimum atomic E-state index is -0.425. The maximum absolute atomic E-state index is 13.8. The fourth-order valence-electron chi connectivity index (χ4n) is 9.25. The monoisotopic (exact) mass is 979 g/mol. The molecule has 0 radical (unpaired) electrons. The van der Waals surface area contributed by atoms with Crippen LogP contribution in [0.15, 0.2) is 0 Å². The molecule has 0 spiro atoms. The SMILES string of the molecule is CCCCCCC(CCCCCC)OC(=O)CCCCCCCCC(CCCCCCCCC(=O)OC(CCCCCC)CCCCCC)OC(=O)N(CCCN(C)C)CC(=O)OC(CC)CCC. The van der Waals surface area contributed by atoms with Gasteiger partial charge in [0.2, 0.25) is 0 Å². The van der Waals surface area contributed by atoms with Crippen LogP contribution < -0.4 is 0 Å². The lowest BCUT2D eigenvalue weighted by molar-refractivity contribution is -0.151. The summed E-state index contributed by atoms with van der Waals surface area (Å²) >= 11 is 0. The molecule has 69 heavy (non-hydrogen) atoms. The number of rotatable bonds is 51. The minimum absolute atomic E-state index is 0.0317. The highest BCUT2D eigenvalue weighted by Crippen LogP contribution is 2.22. The first kappa shape index (κ1) is 66.6. The van der Waals surface area contributed by atoms with Crippen LogP contribution in [0, 0.1) is 0 Å². The summed E-state index contributed by atoms with van der Waals surface area (Å²) in [6.45, 7) is 14.2. The fourth-order valence-corrected chi connectivity index (χ4v) is 9.25. The van der Waals surface area contributed by atoms with Gasteiger partial charge in [0, 0.05) is 19.4 Å². The molecule has 0 aliphatic carbocycles. The molecule has 10 heteroatoms. The van der Waals surface area contributed by atoms with Crippen molar-refractivity contribution in [3.05, 3.63) is 0 Å². The number of esters is 3. The van der Waals surface area contributed by atoms with Crippen molar-refractivity contribution in [1.82, 2.24) is 9.80 Å². The average molecular weight is 980 g/mol. The highest BCUT2D eigenvalue weighted by Gasteiger charge is 2.24. The smallest absolute Gasteiger partial charge is 0.410 e. The van der Waals surface area contributed by atoms with Gasteiger partial charge in [0.15, 0.2) is 0 Å². The van der Waals surface area contributed by atoms with Crippen molar-refractivity contribution in [2.45, 2.75) is 323 Å². The minimum Gasteiger partial charge on any atom is -0.462 e. The van der Waals surface area contributed by atoms with E-state index in [2.05, 4.69) is 39.5 Å². The van der Waals surface area contributed by atoms with E-state index >= 15 is 0 Å². The van der Waals surface area contributed by atoms with Crippen LogP contribution in [0.25, 0.3) is 0 Å². The molecule has 0 saturated carbocycles. The normalized spacial score (nSPS) is 12.1. The summed E-state index contributed by atoms with van der Waals surface area (Å²) in [5, 5.41) is 0. The molecule has 0 saturated heterocycles. The second-order valence-electron chi connectivity index (χ2n) is 20.8. The molecule has 1 amide bonds. The first-order chi connectivity index (χ1) is 33.5. The summed E-state index contributed by atoms with van der Waals surface area (Å²) in [7, 11) is 4.02.